The number of carboxylic acid groups (broad SMARTS) is 1. The van der Waals surface area contributed by atoms with Gasteiger partial charge in [0.15, 0.2) is 11.5 Å². The molecule has 0 unspecified atom stereocenters. The Morgan fingerprint density at radius 3 is 2.88 bits per heavy atom. The van der Waals surface area contributed by atoms with Crippen LogP contribution in [0.1, 0.15) is 42.9 Å². The highest BCUT2D eigenvalue weighted by molar-refractivity contribution is 5.85. The van der Waals surface area contributed by atoms with Crippen molar-refractivity contribution in [3.63, 3.8) is 0 Å². The summed E-state index contributed by atoms with van der Waals surface area (Å²) in [5.74, 6) is 0.219. The van der Waals surface area contributed by atoms with Gasteiger partial charge in [0.05, 0.1) is 6.54 Å². The molecule has 1 aliphatic carbocycles. The molecule has 0 amide bonds. The van der Waals surface area contributed by atoms with E-state index in [-0.39, 0.29) is 11.2 Å². The molecule has 2 rings (SSSR count). The van der Waals surface area contributed by atoms with Crippen molar-refractivity contribution < 1.29 is 14.4 Å². The van der Waals surface area contributed by atoms with E-state index in [9.17, 15) is 4.79 Å². The van der Waals surface area contributed by atoms with E-state index in [1.54, 1.807) is 0 Å². The van der Waals surface area contributed by atoms with Crippen molar-refractivity contribution in [3.8, 4) is 0 Å². The molecule has 5 nitrogen and oxygen atoms in total. The molecule has 0 radical (unpaired) electrons. The normalized spacial score (nSPS) is 16.4. The summed E-state index contributed by atoms with van der Waals surface area (Å²) in [4.78, 5) is 10.6. The zero-order chi connectivity index (χ0) is 11.8. The Morgan fingerprint density at radius 2 is 2.38 bits per heavy atom. The number of nitrogens with zero attached hydrogens (tertiary/aromatic N) is 1. The molecule has 1 saturated carbocycles. The Morgan fingerprint density at radius 1 is 1.69 bits per heavy atom. The second-order valence-corrected chi connectivity index (χ2v) is 4.83. The Hall–Kier alpha value is -1.36. The molecule has 5 heteroatoms. The van der Waals surface area contributed by atoms with Gasteiger partial charge >= 0.3 is 5.97 Å². The molecule has 1 aromatic heterocycles. The van der Waals surface area contributed by atoms with Crippen LogP contribution in [-0.2, 0) is 6.54 Å². The van der Waals surface area contributed by atoms with Crippen molar-refractivity contribution in [1.82, 2.24) is 10.5 Å². The fourth-order valence-electron chi connectivity index (χ4n) is 1.76. The molecule has 2 N–H and O–H groups in total. The van der Waals surface area contributed by atoms with Gasteiger partial charge in [0.1, 0.15) is 0 Å². The molecule has 0 bridgehead atoms. The average molecular weight is 224 g/mol. The van der Waals surface area contributed by atoms with Crippen molar-refractivity contribution in [3.05, 3.63) is 17.5 Å². The van der Waals surface area contributed by atoms with Crippen LogP contribution < -0.4 is 5.32 Å². The van der Waals surface area contributed by atoms with Gasteiger partial charge in [-0.1, -0.05) is 5.16 Å². The van der Waals surface area contributed by atoms with Crippen LogP contribution in [0.2, 0.25) is 0 Å². The summed E-state index contributed by atoms with van der Waals surface area (Å²) in [6.45, 7) is 4.82. The highest BCUT2D eigenvalue weighted by Gasteiger charge is 2.37. The summed E-state index contributed by atoms with van der Waals surface area (Å²) < 4.78 is 4.93. The summed E-state index contributed by atoms with van der Waals surface area (Å²) in [5.41, 5.74) is 0.0388. The van der Waals surface area contributed by atoms with Crippen LogP contribution in [0, 0.1) is 5.92 Å². The fraction of sp³-hybridized carbons (Fsp3) is 0.636. The molecule has 88 valence electrons. The SMILES string of the molecule is CC(C)(NCc1cc(C(=O)O)no1)C1CC1. The molecule has 1 fully saturated rings. The Bertz CT molecular complexity index is 394. The standard InChI is InChI=1S/C11H16N2O3/c1-11(2,7-3-4-7)12-6-8-5-9(10(14)15)13-16-8/h5,7,12H,3-4,6H2,1-2H3,(H,14,15). The maximum Gasteiger partial charge on any atom is 0.358 e. The number of aromatic carboxylic acids is 1. The van der Waals surface area contributed by atoms with Crippen molar-refractivity contribution in [2.45, 2.75) is 38.8 Å². The van der Waals surface area contributed by atoms with E-state index < -0.39 is 5.97 Å². The van der Waals surface area contributed by atoms with Crippen molar-refractivity contribution in [2.75, 3.05) is 0 Å². The third kappa shape index (κ3) is 2.41. The Kier molecular flexibility index (Phi) is 2.71. The number of nitrogens with one attached hydrogen (secondary N) is 1. The summed E-state index contributed by atoms with van der Waals surface area (Å²) in [7, 11) is 0. The number of aromatic nitrogens is 1. The number of carboxylic acids is 1. The lowest BCUT2D eigenvalue weighted by Crippen LogP contribution is -2.40. The Balaban J connectivity index is 1.91. The predicted molar refractivity (Wildman–Crippen MR) is 57.1 cm³/mol. The van der Waals surface area contributed by atoms with Crippen LogP contribution in [0.25, 0.3) is 0 Å². The highest BCUT2D eigenvalue weighted by Crippen LogP contribution is 2.39. The minimum Gasteiger partial charge on any atom is -0.476 e. The van der Waals surface area contributed by atoms with Crippen molar-refractivity contribution >= 4 is 5.97 Å². The molecule has 0 atom stereocenters. The molecule has 1 aliphatic rings. The minimum absolute atomic E-state index is 0.0407. The van der Waals surface area contributed by atoms with Crippen molar-refractivity contribution in [1.29, 1.82) is 0 Å². The van der Waals surface area contributed by atoms with Gasteiger partial charge in [-0.2, -0.15) is 0 Å². The lowest BCUT2D eigenvalue weighted by molar-refractivity contribution is 0.0685. The lowest BCUT2D eigenvalue weighted by atomic mass is 9.99. The van der Waals surface area contributed by atoms with Crippen LogP contribution in [0.4, 0.5) is 0 Å². The third-order valence-corrected chi connectivity index (χ3v) is 3.09. The zero-order valence-electron chi connectivity index (χ0n) is 9.49. The third-order valence-electron chi connectivity index (χ3n) is 3.09. The zero-order valence-corrected chi connectivity index (χ0v) is 9.49. The fourth-order valence-corrected chi connectivity index (χ4v) is 1.76. The molecule has 1 aromatic rings. The van der Waals surface area contributed by atoms with E-state index in [4.69, 9.17) is 9.63 Å². The molecule has 0 aromatic carbocycles. The maximum absolute atomic E-state index is 10.6. The quantitative estimate of drug-likeness (QED) is 0.795. The molecular weight excluding hydrogens is 208 g/mol. The first-order chi connectivity index (χ1) is 7.49. The Labute approximate surface area is 93.8 Å². The van der Waals surface area contributed by atoms with Gasteiger partial charge in [-0.15, -0.1) is 0 Å². The van der Waals surface area contributed by atoms with E-state index in [1.807, 2.05) is 0 Å². The van der Waals surface area contributed by atoms with Gasteiger partial charge in [-0.3, -0.25) is 0 Å². The summed E-state index contributed by atoms with van der Waals surface area (Å²) in [6, 6.07) is 1.46. The first kappa shape index (κ1) is 11.1. The van der Waals surface area contributed by atoms with Crippen LogP contribution in [0.3, 0.4) is 0 Å². The molecule has 0 saturated heterocycles. The molecule has 1 heterocycles. The van der Waals surface area contributed by atoms with Crippen molar-refractivity contribution in [2.24, 2.45) is 5.92 Å². The van der Waals surface area contributed by atoms with Gasteiger partial charge in [-0.25, -0.2) is 4.79 Å². The van der Waals surface area contributed by atoms with Gasteiger partial charge < -0.3 is 14.9 Å². The summed E-state index contributed by atoms with van der Waals surface area (Å²) in [6.07, 6.45) is 2.52. The second-order valence-electron chi connectivity index (χ2n) is 4.83. The van der Waals surface area contributed by atoms with E-state index in [0.717, 1.165) is 5.92 Å². The largest absolute Gasteiger partial charge is 0.476 e. The molecule has 16 heavy (non-hydrogen) atoms. The van der Waals surface area contributed by atoms with Crippen LogP contribution in [0.5, 0.6) is 0 Å². The maximum atomic E-state index is 10.6. The topological polar surface area (TPSA) is 75.4 Å². The van der Waals surface area contributed by atoms with E-state index >= 15 is 0 Å². The van der Waals surface area contributed by atoms with Crippen LogP contribution in [0.15, 0.2) is 10.6 Å². The highest BCUT2D eigenvalue weighted by atomic mass is 16.5. The molecule has 0 aliphatic heterocycles. The average Bonchev–Trinajstić information content (AvgIpc) is 2.95. The van der Waals surface area contributed by atoms with E-state index in [1.165, 1.54) is 18.9 Å². The number of carbonyl (C=O) groups is 1. The van der Waals surface area contributed by atoms with Gasteiger partial charge in [0.2, 0.25) is 0 Å². The van der Waals surface area contributed by atoms with Crippen LogP contribution in [-0.4, -0.2) is 21.8 Å². The van der Waals surface area contributed by atoms with Gasteiger partial charge in [-0.05, 0) is 32.6 Å². The monoisotopic (exact) mass is 224 g/mol. The van der Waals surface area contributed by atoms with E-state index in [2.05, 4.69) is 24.3 Å². The van der Waals surface area contributed by atoms with E-state index in [0.29, 0.717) is 12.3 Å². The van der Waals surface area contributed by atoms with Gasteiger partial charge in [0.25, 0.3) is 0 Å². The summed E-state index contributed by atoms with van der Waals surface area (Å²) >= 11 is 0. The smallest absolute Gasteiger partial charge is 0.358 e. The van der Waals surface area contributed by atoms with Gasteiger partial charge in [0, 0.05) is 11.6 Å². The predicted octanol–water partition coefficient (Wildman–Crippen LogP) is 1.65. The number of rotatable bonds is 5. The van der Waals surface area contributed by atoms with Crippen LogP contribution >= 0.6 is 0 Å². The minimum atomic E-state index is -1.06. The number of hydrogen-bond acceptors (Lipinski definition) is 4. The molecular formula is C11H16N2O3. The second kappa shape index (κ2) is 3.90. The first-order valence-corrected chi connectivity index (χ1v) is 5.43. The number of hydrogen-bond donors (Lipinski definition) is 2. The molecule has 0 spiro atoms. The lowest BCUT2D eigenvalue weighted by Gasteiger charge is -2.25. The first-order valence-electron chi connectivity index (χ1n) is 5.43. The summed E-state index contributed by atoms with van der Waals surface area (Å²) in [5, 5.41) is 15.5.